The molecule has 1 unspecified atom stereocenters. The molecule has 2 aromatic heterocycles. The lowest BCUT2D eigenvalue weighted by Gasteiger charge is -2.39. The summed E-state index contributed by atoms with van der Waals surface area (Å²) >= 11 is 1.29. The summed E-state index contributed by atoms with van der Waals surface area (Å²) in [7, 11) is 3.00. The van der Waals surface area contributed by atoms with Crippen molar-refractivity contribution in [3.63, 3.8) is 0 Å². The van der Waals surface area contributed by atoms with Crippen LogP contribution in [0.25, 0.3) is 10.9 Å². The van der Waals surface area contributed by atoms with E-state index in [9.17, 15) is 18.8 Å². The molecular formula is C34H37FN8O5S. The van der Waals surface area contributed by atoms with Gasteiger partial charge in [0.05, 0.1) is 62.1 Å². The van der Waals surface area contributed by atoms with Crippen molar-refractivity contribution in [1.29, 1.82) is 0 Å². The molecule has 6 rings (SSSR count). The minimum Gasteiger partial charge on any atom is -0.497 e. The number of nitrogens with one attached hydrogen (secondary N) is 1. The summed E-state index contributed by atoms with van der Waals surface area (Å²) in [6.07, 6.45) is 0.134. The van der Waals surface area contributed by atoms with Gasteiger partial charge in [0, 0.05) is 31.6 Å². The van der Waals surface area contributed by atoms with Gasteiger partial charge in [-0.2, -0.15) is 0 Å². The zero-order chi connectivity index (χ0) is 34.7. The molecule has 3 amide bonds. The highest BCUT2D eigenvalue weighted by Crippen LogP contribution is 2.37. The van der Waals surface area contributed by atoms with E-state index in [0.29, 0.717) is 70.8 Å². The Balaban J connectivity index is 0.00000486. The van der Waals surface area contributed by atoms with Crippen LogP contribution in [0.15, 0.2) is 76.9 Å². The Hall–Kier alpha value is -5.70. The number of benzene rings is 3. The Morgan fingerprint density at radius 2 is 1.78 bits per heavy atom. The van der Waals surface area contributed by atoms with Crippen LogP contribution in [0.2, 0.25) is 0 Å². The summed E-state index contributed by atoms with van der Waals surface area (Å²) in [4.78, 5) is 53.9. The van der Waals surface area contributed by atoms with Crippen molar-refractivity contribution in [3.8, 4) is 11.5 Å². The van der Waals surface area contributed by atoms with Crippen LogP contribution in [0.1, 0.15) is 25.9 Å². The number of amides is 3. The molecule has 0 bridgehead atoms. The van der Waals surface area contributed by atoms with Gasteiger partial charge >= 0.3 is 6.03 Å². The number of rotatable bonds is 9. The van der Waals surface area contributed by atoms with Gasteiger partial charge in [-0.05, 0) is 55.5 Å². The zero-order valence-corrected chi connectivity index (χ0v) is 27.9. The average Bonchev–Trinajstić information content (AvgIpc) is 3.53. The quantitative estimate of drug-likeness (QED) is 0.226. The van der Waals surface area contributed by atoms with Crippen LogP contribution in [0.5, 0.6) is 11.5 Å². The number of piperazine rings is 1. The third kappa shape index (κ3) is 6.97. The highest BCUT2D eigenvalue weighted by molar-refractivity contribution is 7.13. The number of thiazole rings is 1. The van der Waals surface area contributed by atoms with Crippen LogP contribution in [-0.2, 0) is 11.2 Å². The van der Waals surface area contributed by atoms with Crippen LogP contribution >= 0.6 is 11.3 Å². The van der Waals surface area contributed by atoms with Gasteiger partial charge in [-0.15, -0.1) is 11.3 Å². The van der Waals surface area contributed by atoms with Gasteiger partial charge in [0.25, 0.3) is 5.56 Å². The number of carbonyl (C=O) groups is 2. The molecule has 5 aromatic rings. The van der Waals surface area contributed by atoms with Gasteiger partial charge in [-0.3, -0.25) is 14.5 Å². The van der Waals surface area contributed by atoms with E-state index in [4.69, 9.17) is 20.2 Å². The predicted octanol–water partition coefficient (Wildman–Crippen LogP) is 4.66. The number of anilines is 3. The Morgan fingerprint density at radius 3 is 2.45 bits per heavy atom. The van der Waals surface area contributed by atoms with Crippen molar-refractivity contribution in [3.05, 3.63) is 99.8 Å². The fourth-order valence-electron chi connectivity index (χ4n) is 5.81. The lowest BCUT2D eigenvalue weighted by Crippen LogP contribution is -2.57. The van der Waals surface area contributed by atoms with Crippen molar-refractivity contribution in [2.45, 2.75) is 19.4 Å². The predicted molar refractivity (Wildman–Crippen MR) is 189 cm³/mol. The molecule has 15 heteroatoms. The number of nitrogen functional groups attached to an aromatic ring is 1. The monoisotopic (exact) mass is 688 g/mol. The molecule has 0 saturated carbocycles. The molecule has 3 N–H and O–H groups in total. The summed E-state index contributed by atoms with van der Waals surface area (Å²) in [6.45, 7) is 3.13. The number of ether oxygens (including phenoxy) is 2. The second kappa shape index (κ2) is 14.2. The lowest BCUT2D eigenvalue weighted by atomic mass is 10.1. The summed E-state index contributed by atoms with van der Waals surface area (Å²) < 4.78 is 26.3. The Labute approximate surface area is 286 Å². The first-order chi connectivity index (χ1) is 23.7. The van der Waals surface area contributed by atoms with E-state index in [0.717, 1.165) is 0 Å². The molecule has 1 fully saturated rings. The zero-order valence-electron chi connectivity index (χ0n) is 27.1. The molecule has 0 aliphatic carbocycles. The van der Waals surface area contributed by atoms with E-state index < -0.39 is 17.9 Å². The van der Waals surface area contributed by atoms with E-state index in [1.165, 1.54) is 59.4 Å². The first-order valence-electron chi connectivity index (χ1n) is 15.5. The van der Waals surface area contributed by atoms with E-state index in [1.54, 1.807) is 59.7 Å². The number of hydrogen-bond donors (Lipinski definition) is 2. The molecule has 13 nitrogen and oxygen atoms in total. The fraction of sp³-hybridized carbons (Fsp3) is 0.265. The molecule has 1 atom stereocenters. The number of aromatic nitrogens is 3. The number of fused-ring (bicyclic) bond motifs is 1. The number of nitrogens with two attached hydrogens (primary N) is 1. The molecule has 256 valence electrons. The molecule has 3 heterocycles. The van der Waals surface area contributed by atoms with Crippen LogP contribution in [-0.4, -0.2) is 71.9 Å². The smallest absolute Gasteiger partial charge is 0.327 e. The van der Waals surface area contributed by atoms with E-state index in [1.807, 2.05) is 5.01 Å². The van der Waals surface area contributed by atoms with E-state index in [2.05, 4.69) is 10.3 Å². The normalized spacial score (nSPS) is 13.6. The van der Waals surface area contributed by atoms with Crippen molar-refractivity contribution in [2.75, 3.05) is 61.4 Å². The lowest BCUT2D eigenvalue weighted by molar-refractivity contribution is -0.130. The highest BCUT2D eigenvalue weighted by Gasteiger charge is 2.33. The maximum absolute atomic E-state index is 14.3. The standard InChI is InChI=1S/C34H35FN8O5S.H2/c1-21(42(28-13-12-25(47-2)19-29(28)48-3)34(46)38-23-10-8-22(35)9-11-23)31-39-27-7-5-4-6-26(27)32(45)43(31)41-16-14-40(15-17-41)30(44)18-24-20-49-33(36)37-24;/h4-13,19-21H,14-18H2,1-3H3,(H2,36,37)(H,38,46);1H. The number of nitrogens with zero attached hydrogens (tertiary/aromatic N) is 6. The molecule has 3 aromatic carbocycles. The number of para-hydroxylation sites is 1. The largest absolute Gasteiger partial charge is 0.497 e. The van der Waals surface area contributed by atoms with Gasteiger partial charge in [0.2, 0.25) is 5.91 Å². The van der Waals surface area contributed by atoms with Crippen molar-refractivity contribution < 1.29 is 24.9 Å². The van der Waals surface area contributed by atoms with Gasteiger partial charge in [-0.25, -0.2) is 23.8 Å². The van der Waals surface area contributed by atoms with E-state index in [-0.39, 0.29) is 25.1 Å². The maximum Gasteiger partial charge on any atom is 0.327 e. The third-order valence-electron chi connectivity index (χ3n) is 8.29. The van der Waals surface area contributed by atoms with Gasteiger partial charge in [0.15, 0.2) is 11.0 Å². The number of methoxy groups -OCH3 is 2. The second-order valence-electron chi connectivity index (χ2n) is 11.3. The highest BCUT2D eigenvalue weighted by atomic mass is 32.1. The molecule has 0 spiro atoms. The number of carbonyl (C=O) groups excluding carboxylic acids is 2. The summed E-state index contributed by atoms with van der Waals surface area (Å²) in [5.41, 5.74) is 7.25. The van der Waals surface area contributed by atoms with Crippen LogP contribution in [0.4, 0.5) is 25.7 Å². The molecule has 1 aliphatic rings. The average molecular weight is 689 g/mol. The minimum absolute atomic E-state index is 0. The summed E-state index contributed by atoms with van der Waals surface area (Å²) in [5, 5.41) is 7.27. The Kier molecular flexibility index (Phi) is 9.62. The minimum atomic E-state index is -0.852. The summed E-state index contributed by atoms with van der Waals surface area (Å²) in [5.74, 6) is 0.605. The fourth-order valence-corrected chi connectivity index (χ4v) is 6.37. The van der Waals surface area contributed by atoms with Crippen molar-refractivity contribution in [1.82, 2.24) is 19.5 Å². The SMILES string of the molecule is COc1ccc(N(C(=O)Nc2ccc(F)cc2)C(C)c2nc3ccccc3c(=O)n2N2CCN(C(=O)Cc3csc(N)n3)CC2)c(OC)c1.[HH]. The Bertz CT molecular complexity index is 2050. The third-order valence-corrected chi connectivity index (χ3v) is 9.02. The first kappa shape index (κ1) is 33.2. The Morgan fingerprint density at radius 1 is 1.04 bits per heavy atom. The van der Waals surface area contributed by atoms with E-state index >= 15 is 0 Å². The maximum atomic E-state index is 14.3. The molecule has 1 saturated heterocycles. The molecule has 0 radical (unpaired) electrons. The summed E-state index contributed by atoms with van der Waals surface area (Å²) in [6, 6.07) is 16.0. The molecule has 49 heavy (non-hydrogen) atoms. The van der Waals surface area contributed by atoms with Crippen LogP contribution in [0, 0.1) is 5.82 Å². The van der Waals surface area contributed by atoms with Crippen molar-refractivity contribution in [2.24, 2.45) is 0 Å². The topological polar surface area (TPSA) is 148 Å². The number of halogens is 1. The van der Waals surface area contributed by atoms with Crippen LogP contribution in [0.3, 0.4) is 0 Å². The molecular weight excluding hydrogens is 651 g/mol. The van der Waals surface area contributed by atoms with Crippen molar-refractivity contribution >= 4 is 50.7 Å². The van der Waals surface area contributed by atoms with Gasteiger partial charge in [0.1, 0.15) is 17.3 Å². The van der Waals surface area contributed by atoms with Gasteiger partial charge < -0.3 is 30.4 Å². The second-order valence-corrected chi connectivity index (χ2v) is 12.2. The van der Waals surface area contributed by atoms with Crippen LogP contribution < -0.4 is 36.0 Å². The number of urea groups is 1. The first-order valence-corrected chi connectivity index (χ1v) is 16.4. The number of hydrogen-bond acceptors (Lipinski definition) is 10. The van der Waals surface area contributed by atoms with Gasteiger partial charge in [-0.1, -0.05) is 12.1 Å². The molecule has 1 aliphatic heterocycles.